The summed E-state index contributed by atoms with van der Waals surface area (Å²) in [5.74, 6) is -0.898. The SMILES string of the molecule is CC/C=C\C/C=C\C/C=C\C/C=C\C/C=C\C/C=C\CCCCCCC(=O)OCC(COC(=O)CCCCCCCCCCCC)OC(=O)CCCCCCCCCCCCCCCCCC. The van der Waals surface area contributed by atoms with E-state index >= 15 is 0 Å². The first-order chi connectivity index (χ1) is 33.0. The molecule has 0 saturated carbocycles. The Morgan fingerprint density at radius 1 is 0.313 bits per heavy atom. The fourth-order valence-corrected chi connectivity index (χ4v) is 7.98. The molecular formula is C61H106O6. The Hall–Kier alpha value is -3.15. The van der Waals surface area contributed by atoms with Gasteiger partial charge in [-0.2, -0.15) is 0 Å². The van der Waals surface area contributed by atoms with Crippen LogP contribution in [0.5, 0.6) is 0 Å². The molecule has 0 radical (unpaired) electrons. The van der Waals surface area contributed by atoms with Crippen LogP contribution in [0.4, 0.5) is 0 Å². The van der Waals surface area contributed by atoms with E-state index in [1.54, 1.807) is 0 Å². The summed E-state index contributed by atoms with van der Waals surface area (Å²) in [5, 5.41) is 0. The van der Waals surface area contributed by atoms with E-state index in [9.17, 15) is 14.4 Å². The Kier molecular flexibility index (Phi) is 52.8. The minimum absolute atomic E-state index is 0.0802. The van der Waals surface area contributed by atoms with Gasteiger partial charge < -0.3 is 14.2 Å². The van der Waals surface area contributed by atoms with Crippen LogP contribution in [0.15, 0.2) is 72.9 Å². The lowest BCUT2D eigenvalue weighted by molar-refractivity contribution is -0.167. The Bertz CT molecular complexity index is 1260. The summed E-state index contributed by atoms with van der Waals surface area (Å²) in [4.78, 5) is 38.1. The predicted octanol–water partition coefficient (Wildman–Crippen LogP) is 19.0. The van der Waals surface area contributed by atoms with Crippen molar-refractivity contribution in [3.63, 3.8) is 0 Å². The lowest BCUT2D eigenvalue weighted by Crippen LogP contribution is -2.30. The van der Waals surface area contributed by atoms with Crippen LogP contribution >= 0.6 is 0 Å². The standard InChI is InChI=1S/C61H106O6/c1-4-7-10-13-16-19-22-24-26-28-29-30-31-32-33-34-36-37-39-42-45-48-51-54-60(63)66-57-58(56-65-59(62)53-50-47-44-41-21-18-15-12-9-6-3)67-61(64)55-52-49-46-43-40-38-35-27-25-23-20-17-14-11-8-5-2/h7,10,16,19,24,26,29-30,32-33,36-37,58H,4-6,8-9,11-15,17-18,20-23,25,27-28,31,34-35,38-57H2,1-3H3/b10-7-,19-16-,26-24-,30-29-,33-32-,37-36-. The highest BCUT2D eigenvalue weighted by molar-refractivity contribution is 5.71. The highest BCUT2D eigenvalue weighted by Crippen LogP contribution is 2.16. The summed E-state index contributed by atoms with van der Waals surface area (Å²) < 4.78 is 16.8. The molecule has 0 rings (SSSR count). The van der Waals surface area contributed by atoms with E-state index in [0.29, 0.717) is 19.3 Å². The summed E-state index contributed by atoms with van der Waals surface area (Å²) in [7, 11) is 0. The molecule has 0 heterocycles. The van der Waals surface area contributed by atoms with Crippen molar-refractivity contribution in [2.24, 2.45) is 0 Å². The molecular weight excluding hydrogens is 829 g/mol. The van der Waals surface area contributed by atoms with Crippen LogP contribution < -0.4 is 0 Å². The van der Waals surface area contributed by atoms with Gasteiger partial charge in [-0.05, 0) is 70.6 Å². The summed E-state index contributed by atoms with van der Waals surface area (Å²) in [5.41, 5.74) is 0. The minimum atomic E-state index is -0.782. The maximum atomic E-state index is 12.8. The summed E-state index contributed by atoms with van der Waals surface area (Å²) in [6.07, 6.45) is 70.3. The van der Waals surface area contributed by atoms with Gasteiger partial charge in [0, 0.05) is 19.3 Å². The van der Waals surface area contributed by atoms with Gasteiger partial charge in [0.1, 0.15) is 13.2 Å². The van der Waals surface area contributed by atoms with Crippen LogP contribution in [-0.2, 0) is 28.6 Å². The molecule has 0 aromatic heterocycles. The quantitative estimate of drug-likeness (QED) is 0.0262. The summed E-state index contributed by atoms with van der Waals surface area (Å²) in [6, 6.07) is 0. The number of allylic oxidation sites excluding steroid dienone is 12. The zero-order chi connectivity index (χ0) is 48.6. The molecule has 6 nitrogen and oxygen atoms in total. The number of rotatable bonds is 51. The monoisotopic (exact) mass is 935 g/mol. The molecule has 0 aliphatic rings. The van der Waals surface area contributed by atoms with Crippen molar-refractivity contribution < 1.29 is 28.6 Å². The zero-order valence-electron chi connectivity index (χ0n) is 44.2. The highest BCUT2D eigenvalue weighted by atomic mass is 16.6. The van der Waals surface area contributed by atoms with Gasteiger partial charge in [0.25, 0.3) is 0 Å². The van der Waals surface area contributed by atoms with Crippen molar-refractivity contribution >= 4 is 17.9 Å². The molecule has 0 saturated heterocycles. The maximum Gasteiger partial charge on any atom is 0.306 e. The molecule has 0 fully saturated rings. The number of hydrogen-bond donors (Lipinski definition) is 0. The molecule has 386 valence electrons. The zero-order valence-corrected chi connectivity index (χ0v) is 44.2. The van der Waals surface area contributed by atoms with E-state index < -0.39 is 6.10 Å². The first-order valence-corrected chi connectivity index (χ1v) is 28.4. The molecule has 0 spiro atoms. The largest absolute Gasteiger partial charge is 0.462 e. The Morgan fingerprint density at radius 2 is 0.582 bits per heavy atom. The highest BCUT2D eigenvalue weighted by Gasteiger charge is 2.19. The molecule has 0 aliphatic carbocycles. The van der Waals surface area contributed by atoms with Crippen LogP contribution in [0.3, 0.4) is 0 Å². The third-order valence-corrected chi connectivity index (χ3v) is 12.2. The fourth-order valence-electron chi connectivity index (χ4n) is 7.98. The predicted molar refractivity (Wildman–Crippen MR) is 288 cm³/mol. The molecule has 0 aromatic carbocycles. The van der Waals surface area contributed by atoms with Crippen molar-refractivity contribution in [1.82, 2.24) is 0 Å². The van der Waals surface area contributed by atoms with Crippen molar-refractivity contribution in [2.75, 3.05) is 13.2 Å². The molecule has 67 heavy (non-hydrogen) atoms. The van der Waals surface area contributed by atoms with E-state index in [-0.39, 0.29) is 31.1 Å². The molecule has 0 N–H and O–H groups in total. The third kappa shape index (κ3) is 53.7. The van der Waals surface area contributed by atoms with Crippen molar-refractivity contribution in [3.8, 4) is 0 Å². The van der Waals surface area contributed by atoms with E-state index in [1.807, 2.05) is 0 Å². The van der Waals surface area contributed by atoms with Gasteiger partial charge in [-0.25, -0.2) is 0 Å². The maximum absolute atomic E-state index is 12.8. The average molecular weight is 936 g/mol. The van der Waals surface area contributed by atoms with E-state index in [0.717, 1.165) is 109 Å². The first kappa shape index (κ1) is 63.8. The smallest absolute Gasteiger partial charge is 0.306 e. The number of ether oxygens (including phenoxy) is 3. The second kappa shape index (κ2) is 55.4. The van der Waals surface area contributed by atoms with Crippen LogP contribution in [0.25, 0.3) is 0 Å². The second-order valence-electron chi connectivity index (χ2n) is 18.8. The second-order valence-corrected chi connectivity index (χ2v) is 18.8. The van der Waals surface area contributed by atoms with Crippen molar-refractivity contribution in [3.05, 3.63) is 72.9 Å². The molecule has 1 unspecified atom stereocenters. The summed E-state index contributed by atoms with van der Waals surface area (Å²) >= 11 is 0. The third-order valence-electron chi connectivity index (χ3n) is 12.2. The van der Waals surface area contributed by atoms with Gasteiger partial charge in [-0.1, -0.05) is 261 Å². The Labute approximate surface area is 414 Å². The van der Waals surface area contributed by atoms with Gasteiger partial charge in [0.2, 0.25) is 0 Å². The number of esters is 3. The lowest BCUT2D eigenvalue weighted by atomic mass is 10.0. The van der Waals surface area contributed by atoms with E-state index in [4.69, 9.17) is 14.2 Å². The van der Waals surface area contributed by atoms with Gasteiger partial charge in [-0.15, -0.1) is 0 Å². The van der Waals surface area contributed by atoms with Gasteiger partial charge in [0.05, 0.1) is 0 Å². The summed E-state index contributed by atoms with van der Waals surface area (Å²) in [6.45, 7) is 6.51. The Morgan fingerprint density at radius 3 is 0.910 bits per heavy atom. The van der Waals surface area contributed by atoms with Crippen LogP contribution in [0, 0.1) is 0 Å². The van der Waals surface area contributed by atoms with Crippen LogP contribution in [-0.4, -0.2) is 37.2 Å². The van der Waals surface area contributed by atoms with E-state index in [2.05, 4.69) is 93.7 Å². The fraction of sp³-hybridized carbons (Fsp3) is 0.754. The van der Waals surface area contributed by atoms with Crippen molar-refractivity contribution in [1.29, 1.82) is 0 Å². The molecule has 0 aromatic rings. The minimum Gasteiger partial charge on any atom is -0.462 e. The van der Waals surface area contributed by atoms with Crippen LogP contribution in [0.1, 0.15) is 278 Å². The van der Waals surface area contributed by atoms with Gasteiger partial charge in [-0.3, -0.25) is 14.4 Å². The van der Waals surface area contributed by atoms with Crippen LogP contribution in [0.2, 0.25) is 0 Å². The molecule has 6 heteroatoms. The molecule has 0 bridgehead atoms. The van der Waals surface area contributed by atoms with Gasteiger partial charge >= 0.3 is 17.9 Å². The number of carbonyl (C=O) groups is 3. The molecule has 1 atom stereocenters. The number of hydrogen-bond acceptors (Lipinski definition) is 6. The van der Waals surface area contributed by atoms with Gasteiger partial charge in [0.15, 0.2) is 6.10 Å². The number of carbonyl (C=O) groups excluding carboxylic acids is 3. The molecule has 0 amide bonds. The molecule has 0 aliphatic heterocycles. The normalized spacial score (nSPS) is 12.6. The first-order valence-electron chi connectivity index (χ1n) is 28.4. The lowest BCUT2D eigenvalue weighted by Gasteiger charge is -2.18. The topological polar surface area (TPSA) is 78.9 Å². The number of unbranched alkanes of at least 4 members (excludes halogenated alkanes) is 28. The van der Waals surface area contributed by atoms with Crippen molar-refractivity contribution in [2.45, 2.75) is 284 Å². The van der Waals surface area contributed by atoms with E-state index in [1.165, 1.54) is 128 Å². The Balaban J connectivity index is 4.34. The average Bonchev–Trinajstić information content (AvgIpc) is 3.33.